The zero-order valence-corrected chi connectivity index (χ0v) is 26.0. The first-order valence-corrected chi connectivity index (χ1v) is 14.8. The van der Waals surface area contributed by atoms with Gasteiger partial charge in [-0.1, -0.05) is 32.9 Å². The molecule has 0 aromatic heterocycles. The van der Waals surface area contributed by atoms with E-state index in [9.17, 15) is 43.5 Å². The topological polar surface area (TPSA) is 193 Å². The number of carbonyl (C=O) groups excluding carboxylic acids is 7. The van der Waals surface area contributed by atoms with E-state index in [-0.39, 0.29) is 50.5 Å². The smallest absolute Gasteiger partial charge is 0.303 e. The van der Waals surface area contributed by atoms with Crippen molar-refractivity contribution < 1.29 is 48.2 Å². The number of amides is 4. The maximum atomic E-state index is 13.3. The number of ketones is 2. The second-order valence-corrected chi connectivity index (χ2v) is 11.5. The molecule has 45 heavy (non-hydrogen) atoms. The van der Waals surface area contributed by atoms with E-state index in [1.807, 2.05) is 13.8 Å². The molecule has 13 heteroatoms. The number of carboxylic acid groups (broad SMARTS) is 1. The van der Waals surface area contributed by atoms with Crippen LogP contribution in [0.15, 0.2) is 36.4 Å². The molecule has 0 bridgehead atoms. The molecule has 0 saturated carbocycles. The molecule has 1 heterocycles. The summed E-state index contributed by atoms with van der Waals surface area (Å²) in [5, 5.41) is 14.5. The van der Waals surface area contributed by atoms with Crippen LogP contribution in [0.3, 0.4) is 0 Å². The van der Waals surface area contributed by atoms with Crippen LogP contribution in [-0.4, -0.2) is 69.7 Å². The van der Waals surface area contributed by atoms with E-state index in [4.69, 9.17) is 4.74 Å². The Labute approximate surface area is 261 Å². The first-order valence-electron chi connectivity index (χ1n) is 14.8. The van der Waals surface area contributed by atoms with Gasteiger partial charge in [0.1, 0.15) is 12.4 Å². The third-order valence-corrected chi connectivity index (χ3v) is 7.09. The Morgan fingerprint density at radius 2 is 1.51 bits per heavy atom. The largest absolute Gasteiger partial charge is 0.481 e. The fourth-order valence-corrected chi connectivity index (χ4v) is 4.66. The van der Waals surface area contributed by atoms with Crippen molar-refractivity contribution in [2.24, 2.45) is 17.8 Å². The van der Waals surface area contributed by atoms with E-state index in [2.05, 4.69) is 10.6 Å². The number of Topliss-reactive ketones (excluding diaryl/α,β-unsaturated/α-hetero) is 2. The van der Waals surface area contributed by atoms with Crippen LogP contribution in [0.25, 0.3) is 0 Å². The Kier molecular flexibility index (Phi) is 14.3. The molecule has 13 nitrogen and oxygen atoms in total. The van der Waals surface area contributed by atoms with Gasteiger partial charge in [-0.05, 0) is 36.5 Å². The molecule has 0 spiro atoms. The highest BCUT2D eigenvalue weighted by molar-refractivity contribution is 6.13. The molecule has 0 unspecified atom stereocenters. The number of carboxylic acids is 1. The standard InChI is InChI=1S/C32H41N3O10/c1-19(2)15-23(17-25(37)13-14-35-28(39)10-11-29(35)40)32(44)34-26(9-12-30(41)42)27(38)16-20(3)31(43)33-24-7-5-22(6-8-24)18-45-21(4)36/h5-8,10-11,19-20,23,26H,9,12-18H2,1-4H3,(H,33,43)(H,34,44)(H,41,42)/t20-,23+,26+/m1/s1. The summed E-state index contributed by atoms with van der Waals surface area (Å²) in [6.07, 6.45) is 1.33. The third kappa shape index (κ3) is 12.8. The lowest BCUT2D eigenvalue weighted by atomic mass is 9.89. The fourth-order valence-electron chi connectivity index (χ4n) is 4.66. The van der Waals surface area contributed by atoms with Crippen LogP contribution in [0.1, 0.15) is 71.8 Å². The summed E-state index contributed by atoms with van der Waals surface area (Å²) in [5.41, 5.74) is 1.17. The van der Waals surface area contributed by atoms with Crippen LogP contribution >= 0.6 is 0 Å². The number of ether oxygens (including phenoxy) is 1. The van der Waals surface area contributed by atoms with E-state index >= 15 is 0 Å². The van der Waals surface area contributed by atoms with Crippen molar-refractivity contribution in [1.29, 1.82) is 0 Å². The molecule has 0 saturated heterocycles. The van der Waals surface area contributed by atoms with Crippen LogP contribution in [0.4, 0.5) is 5.69 Å². The highest BCUT2D eigenvalue weighted by atomic mass is 16.5. The summed E-state index contributed by atoms with van der Waals surface area (Å²) >= 11 is 0. The summed E-state index contributed by atoms with van der Waals surface area (Å²) in [7, 11) is 0. The van der Waals surface area contributed by atoms with Crippen LogP contribution in [0.2, 0.25) is 0 Å². The van der Waals surface area contributed by atoms with Gasteiger partial charge in [0.05, 0.1) is 6.04 Å². The SMILES string of the molecule is CC(=O)OCc1ccc(NC(=O)[C@H](C)CC(=O)[C@H](CCC(=O)O)NC(=O)[C@H](CC(=O)CCN2C(=O)C=CC2=O)CC(C)C)cc1. The zero-order chi connectivity index (χ0) is 33.7. The molecule has 3 atom stereocenters. The Morgan fingerprint density at radius 3 is 2.07 bits per heavy atom. The number of rotatable bonds is 19. The number of imide groups is 1. The lowest BCUT2D eigenvalue weighted by molar-refractivity contribution is -0.142. The summed E-state index contributed by atoms with van der Waals surface area (Å²) in [6.45, 7) is 6.52. The van der Waals surface area contributed by atoms with E-state index in [0.717, 1.165) is 22.6 Å². The minimum absolute atomic E-state index is 0.00658. The van der Waals surface area contributed by atoms with Crippen molar-refractivity contribution in [3.8, 4) is 0 Å². The molecule has 4 amide bonds. The van der Waals surface area contributed by atoms with Crippen LogP contribution in [0, 0.1) is 17.8 Å². The van der Waals surface area contributed by atoms with Gasteiger partial charge in [0.25, 0.3) is 11.8 Å². The quantitative estimate of drug-likeness (QED) is 0.152. The predicted octanol–water partition coefficient (Wildman–Crippen LogP) is 2.57. The van der Waals surface area contributed by atoms with Gasteiger partial charge in [-0.25, -0.2) is 0 Å². The van der Waals surface area contributed by atoms with Gasteiger partial charge in [-0.2, -0.15) is 0 Å². The normalized spacial score (nSPS) is 14.6. The van der Waals surface area contributed by atoms with Gasteiger partial charge >= 0.3 is 11.9 Å². The predicted molar refractivity (Wildman–Crippen MR) is 161 cm³/mol. The highest BCUT2D eigenvalue weighted by Crippen LogP contribution is 2.20. The maximum Gasteiger partial charge on any atom is 0.303 e. The average molecular weight is 628 g/mol. The molecule has 2 rings (SSSR count). The van der Waals surface area contributed by atoms with Gasteiger partial charge in [0.2, 0.25) is 11.8 Å². The average Bonchev–Trinajstić information content (AvgIpc) is 3.29. The Bertz CT molecular complexity index is 1300. The van der Waals surface area contributed by atoms with Crippen molar-refractivity contribution in [2.75, 3.05) is 11.9 Å². The molecular formula is C32H41N3O10. The molecule has 0 radical (unpaired) electrons. The number of hydrogen-bond donors (Lipinski definition) is 3. The van der Waals surface area contributed by atoms with Crippen LogP contribution in [-0.2, 0) is 49.7 Å². The lowest BCUT2D eigenvalue weighted by Gasteiger charge is -2.24. The molecule has 1 aliphatic rings. The van der Waals surface area contributed by atoms with Crippen molar-refractivity contribution in [3.05, 3.63) is 42.0 Å². The number of esters is 1. The van der Waals surface area contributed by atoms with E-state index in [0.29, 0.717) is 12.1 Å². The van der Waals surface area contributed by atoms with Crippen LogP contribution < -0.4 is 10.6 Å². The summed E-state index contributed by atoms with van der Waals surface area (Å²) in [5.74, 6) is -6.19. The van der Waals surface area contributed by atoms with Gasteiger partial charge < -0.3 is 20.5 Å². The Hall–Kier alpha value is -4.68. The number of benzene rings is 1. The Balaban J connectivity index is 2.02. The first-order chi connectivity index (χ1) is 21.2. The maximum absolute atomic E-state index is 13.3. The molecular weight excluding hydrogens is 586 g/mol. The lowest BCUT2D eigenvalue weighted by Crippen LogP contribution is -2.45. The van der Waals surface area contributed by atoms with Crippen molar-refractivity contribution in [1.82, 2.24) is 10.2 Å². The zero-order valence-electron chi connectivity index (χ0n) is 26.0. The molecule has 1 aliphatic heterocycles. The molecule has 244 valence electrons. The van der Waals surface area contributed by atoms with E-state index < -0.39 is 65.6 Å². The number of anilines is 1. The van der Waals surface area contributed by atoms with Crippen LogP contribution in [0.5, 0.6) is 0 Å². The number of carbonyl (C=O) groups is 8. The molecule has 0 fully saturated rings. The summed E-state index contributed by atoms with van der Waals surface area (Å²) in [4.78, 5) is 98.8. The summed E-state index contributed by atoms with van der Waals surface area (Å²) < 4.78 is 4.93. The minimum atomic E-state index is -1.19. The van der Waals surface area contributed by atoms with Crippen molar-refractivity contribution >= 4 is 52.8 Å². The van der Waals surface area contributed by atoms with Crippen molar-refractivity contribution in [3.63, 3.8) is 0 Å². The summed E-state index contributed by atoms with van der Waals surface area (Å²) in [6, 6.07) is 5.39. The number of hydrogen-bond acceptors (Lipinski definition) is 9. The highest BCUT2D eigenvalue weighted by Gasteiger charge is 2.30. The monoisotopic (exact) mass is 627 g/mol. The number of aliphatic carboxylic acids is 1. The molecule has 0 aliphatic carbocycles. The van der Waals surface area contributed by atoms with E-state index in [1.165, 1.54) is 13.8 Å². The minimum Gasteiger partial charge on any atom is -0.481 e. The number of nitrogens with zero attached hydrogens (tertiary/aromatic N) is 1. The second kappa shape index (κ2) is 17.6. The fraction of sp³-hybridized carbons (Fsp3) is 0.500. The van der Waals surface area contributed by atoms with E-state index in [1.54, 1.807) is 24.3 Å². The third-order valence-electron chi connectivity index (χ3n) is 7.09. The van der Waals surface area contributed by atoms with Gasteiger partial charge in [0.15, 0.2) is 5.78 Å². The molecule has 1 aromatic rings. The first kappa shape index (κ1) is 36.5. The molecule has 3 N–H and O–H groups in total. The van der Waals surface area contributed by atoms with Gasteiger partial charge in [0, 0.05) is 68.8 Å². The van der Waals surface area contributed by atoms with Crippen molar-refractivity contribution in [2.45, 2.75) is 78.9 Å². The second-order valence-electron chi connectivity index (χ2n) is 11.5. The Morgan fingerprint density at radius 1 is 0.889 bits per heavy atom. The van der Waals surface area contributed by atoms with Gasteiger partial charge in [-0.3, -0.25) is 43.3 Å². The number of nitrogens with one attached hydrogen (secondary N) is 2. The van der Waals surface area contributed by atoms with Gasteiger partial charge in [-0.15, -0.1) is 0 Å². The molecule has 1 aromatic carbocycles.